The van der Waals surface area contributed by atoms with Crippen LogP contribution < -0.4 is 21.0 Å². The van der Waals surface area contributed by atoms with Gasteiger partial charge in [-0.05, 0) is 37.5 Å². The van der Waals surface area contributed by atoms with Gasteiger partial charge in [-0.3, -0.25) is 9.59 Å². The first-order chi connectivity index (χ1) is 14.1. The molecule has 0 aliphatic heterocycles. The van der Waals surface area contributed by atoms with E-state index in [0.29, 0.717) is 23.3 Å². The maximum absolute atomic E-state index is 12.0. The Morgan fingerprint density at radius 3 is 2.53 bits per heavy atom. The van der Waals surface area contributed by atoms with E-state index >= 15 is 0 Å². The first kappa shape index (κ1) is 22.9. The van der Waals surface area contributed by atoms with Gasteiger partial charge < -0.3 is 24.9 Å². The Morgan fingerprint density at radius 2 is 1.90 bits per heavy atom. The van der Waals surface area contributed by atoms with Gasteiger partial charge in [-0.1, -0.05) is 20.3 Å². The highest BCUT2D eigenvalue weighted by Crippen LogP contribution is 2.28. The smallest absolute Gasteiger partial charge is 0.336 e. The van der Waals surface area contributed by atoms with Gasteiger partial charge in [0, 0.05) is 17.0 Å². The summed E-state index contributed by atoms with van der Waals surface area (Å²) >= 11 is 0. The van der Waals surface area contributed by atoms with Gasteiger partial charge in [0.25, 0.3) is 5.91 Å². The number of aliphatic carboxylic acids is 1. The Bertz CT molecular complexity index is 1010. The van der Waals surface area contributed by atoms with Crippen molar-refractivity contribution in [1.82, 2.24) is 10.6 Å². The first-order valence-corrected chi connectivity index (χ1v) is 9.59. The molecule has 0 bridgehead atoms. The lowest BCUT2D eigenvalue weighted by atomic mass is 9.99. The number of aryl methyl sites for hydroxylation is 2. The molecule has 2 unspecified atom stereocenters. The average Bonchev–Trinajstić information content (AvgIpc) is 2.69. The van der Waals surface area contributed by atoms with Crippen LogP contribution in [0.3, 0.4) is 0 Å². The van der Waals surface area contributed by atoms with Crippen molar-refractivity contribution in [1.29, 1.82) is 0 Å². The molecule has 1 aromatic carbocycles. The number of carboxylic acid groups (broad SMARTS) is 1. The normalized spacial score (nSPS) is 12.8. The van der Waals surface area contributed by atoms with Gasteiger partial charge >= 0.3 is 11.6 Å². The Balaban J connectivity index is 1.93. The van der Waals surface area contributed by atoms with Crippen molar-refractivity contribution in [2.45, 2.75) is 40.2 Å². The summed E-state index contributed by atoms with van der Waals surface area (Å²) in [5, 5.41) is 14.8. The zero-order valence-corrected chi connectivity index (χ0v) is 17.4. The molecule has 0 saturated heterocycles. The zero-order chi connectivity index (χ0) is 22.4. The van der Waals surface area contributed by atoms with Crippen LogP contribution in [-0.2, 0) is 14.4 Å². The van der Waals surface area contributed by atoms with Crippen LogP contribution in [0.25, 0.3) is 11.0 Å². The molecule has 162 valence electrons. The molecule has 0 radical (unpaired) electrons. The SMILES string of the molecule is CCC(C)C(NC(=O)CNC(=O)COc1ccc2c(C)cc(=O)oc2c1C)C(=O)O. The second kappa shape index (κ2) is 9.91. The van der Waals surface area contributed by atoms with Crippen LogP contribution >= 0.6 is 0 Å². The third-order valence-electron chi connectivity index (χ3n) is 4.92. The summed E-state index contributed by atoms with van der Waals surface area (Å²) in [5.41, 5.74) is 1.27. The number of carbonyl (C=O) groups is 3. The highest BCUT2D eigenvalue weighted by atomic mass is 16.5. The molecule has 0 spiro atoms. The van der Waals surface area contributed by atoms with Gasteiger partial charge in [0.1, 0.15) is 17.4 Å². The molecule has 1 aromatic heterocycles. The van der Waals surface area contributed by atoms with Gasteiger partial charge in [0.05, 0.1) is 6.54 Å². The highest BCUT2D eigenvalue weighted by Gasteiger charge is 2.25. The summed E-state index contributed by atoms with van der Waals surface area (Å²) < 4.78 is 10.7. The third-order valence-corrected chi connectivity index (χ3v) is 4.92. The van der Waals surface area contributed by atoms with Crippen molar-refractivity contribution >= 4 is 28.8 Å². The first-order valence-electron chi connectivity index (χ1n) is 9.59. The molecule has 9 heteroatoms. The summed E-state index contributed by atoms with van der Waals surface area (Å²) in [6.45, 7) is 6.34. The lowest BCUT2D eigenvalue weighted by Gasteiger charge is -2.20. The maximum Gasteiger partial charge on any atom is 0.336 e. The van der Waals surface area contributed by atoms with E-state index in [9.17, 15) is 24.3 Å². The molecular formula is C21H26N2O7. The lowest BCUT2D eigenvalue weighted by molar-refractivity contribution is -0.143. The fourth-order valence-corrected chi connectivity index (χ4v) is 2.94. The number of benzene rings is 1. The van der Waals surface area contributed by atoms with Crippen molar-refractivity contribution in [2.75, 3.05) is 13.2 Å². The number of rotatable bonds is 9. The number of fused-ring (bicyclic) bond motifs is 1. The van der Waals surface area contributed by atoms with Crippen molar-refractivity contribution in [3.8, 4) is 5.75 Å². The number of ether oxygens (including phenoxy) is 1. The van der Waals surface area contributed by atoms with Gasteiger partial charge in [0.15, 0.2) is 6.61 Å². The second-order valence-electron chi connectivity index (χ2n) is 7.15. The molecule has 1 heterocycles. The zero-order valence-electron chi connectivity index (χ0n) is 17.4. The van der Waals surface area contributed by atoms with E-state index in [-0.39, 0.29) is 19.1 Å². The van der Waals surface area contributed by atoms with E-state index in [1.54, 1.807) is 32.9 Å². The standard InChI is InChI=1S/C21H26N2O7/c1-5-11(2)19(21(27)28)23-16(24)9-22-17(25)10-29-15-7-6-14-12(3)8-18(26)30-20(14)13(15)4/h6-8,11,19H,5,9-10H2,1-4H3,(H,22,25)(H,23,24)(H,27,28). The molecule has 2 rings (SSSR count). The topological polar surface area (TPSA) is 135 Å². The minimum Gasteiger partial charge on any atom is -0.483 e. The van der Waals surface area contributed by atoms with Gasteiger partial charge in [-0.15, -0.1) is 0 Å². The Kier molecular flexibility index (Phi) is 7.57. The number of amides is 2. The molecule has 2 atom stereocenters. The Hall–Kier alpha value is -3.36. The third kappa shape index (κ3) is 5.59. The van der Waals surface area contributed by atoms with Crippen LogP contribution in [0.5, 0.6) is 5.75 Å². The van der Waals surface area contributed by atoms with E-state index in [1.807, 2.05) is 6.92 Å². The number of carboxylic acids is 1. The fraction of sp³-hybridized carbons (Fsp3) is 0.429. The van der Waals surface area contributed by atoms with Crippen LogP contribution in [0, 0.1) is 19.8 Å². The summed E-state index contributed by atoms with van der Waals surface area (Å²) in [7, 11) is 0. The molecule has 3 N–H and O–H groups in total. The molecular weight excluding hydrogens is 392 g/mol. The van der Waals surface area contributed by atoms with E-state index < -0.39 is 29.5 Å². The number of carbonyl (C=O) groups excluding carboxylic acids is 2. The summed E-state index contributed by atoms with van der Waals surface area (Å²) in [6, 6.07) is 3.79. The van der Waals surface area contributed by atoms with Crippen molar-refractivity contribution in [2.24, 2.45) is 5.92 Å². The molecule has 0 saturated carbocycles. The minimum atomic E-state index is -1.12. The number of nitrogens with one attached hydrogen (secondary N) is 2. The van der Waals surface area contributed by atoms with E-state index in [2.05, 4.69) is 10.6 Å². The van der Waals surface area contributed by atoms with E-state index in [0.717, 1.165) is 10.9 Å². The second-order valence-corrected chi connectivity index (χ2v) is 7.15. The average molecular weight is 418 g/mol. The van der Waals surface area contributed by atoms with Crippen molar-refractivity contribution < 1.29 is 28.6 Å². The van der Waals surface area contributed by atoms with Crippen molar-refractivity contribution in [3.05, 3.63) is 39.7 Å². The van der Waals surface area contributed by atoms with Crippen LogP contribution in [-0.4, -0.2) is 42.1 Å². The van der Waals surface area contributed by atoms with E-state index in [4.69, 9.17) is 9.15 Å². The highest BCUT2D eigenvalue weighted by molar-refractivity contribution is 5.88. The summed E-state index contributed by atoms with van der Waals surface area (Å²) in [6.07, 6.45) is 0.586. The van der Waals surface area contributed by atoms with Crippen LogP contribution in [0.4, 0.5) is 0 Å². The molecule has 0 aliphatic carbocycles. The molecule has 2 amide bonds. The van der Waals surface area contributed by atoms with Gasteiger partial charge in [-0.2, -0.15) is 0 Å². The fourth-order valence-electron chi connectivity index (χ4n) is 2.94. The molecule has 30 heavy (non-hydrogen) atoms. The van der Waals surface area contributed by atoms with Crippen LogP contribution in [0.2, 0.25) is 0 Å². The Morgan fingerprint density at radius 1 is 1.20 bits per heavy atom. The number of hydrogen-bond donors (Lipinski definition) is 3. The van der Waals surface area contributed by atoms with E-state index in [1.165, 1.54) is 6.07 Å². The van der Waals surface area contributed by atoms with Crippen LogP contribution in [0.1, 0.15) is 31.4 Å². The van der Waals surface area contributed by atoms with Gasteiger partial charge in [0.2, 0.25) is 5.91 Å². The molecule has 0 aliphatic rings. The van der Waals surface area contributed by atoms with Crippen molar-refractivity contribution in [3.63, 3.8) is 0 Å². The Labute approximate surface area is 173 Å². The molecule has 2 aromatic rings. The summed E-state index contributed by atoms with van der Waals surface area (Å²) in [4.78, 5) is 46.8. The molecule has 0 fully saturated rings. The summed E-state index contributed by atoms with van der Waals surface area (Å²) in [5.74, 6) is -2.15. The predicted octanol–water partition coefficient (Wildman–Crippen LogP) is 1.52. The predicted molar refractivity (Wildman–Crippen MR) is 109 cm³/mol. The van der Waals surface area contributed by atoms with Crippen LogP contribution in [0.15, 0.2) is 27.4 Å². The number of hydrogen-bond acceptors (Lipinski definition) is 6. The molecule has 9 nitrogen and oxygen atoms in total. The monoisotopic (exact) mass is 418 g/mol. The lowest BCUT2D eigenvalue weighted by Crippen LogP contribution is -2.48. The largest absolute Gasteiger partial charge is 0.483 e. The quantitative estimate of drug-likeness (QED) is 0.526. The van der Waals surface area contributed by atoms with Gasteiger partial charge in [-0.25, -0.2) is 9.59 Å². The minimum absolute atomic E-state index is 0.245. The maximum atomic E-state index is 12.0.